The van der Waals surface area contributed by atoms with Gasteiger partial charge in [-0.3, -0.25) is 0 Å². The lowest BCUT2D eigenvalue weighted by atomic mass is 9.98. The van der Waals surface area contributed by atoms with Crippen molar-refractivity contribution >= 4 is 56.0 Å². The van der Waals surface area contributed by atoms with Crippen LogP contribution in [-0.4, -0.2) is 0 Å². The third-order valence-corrected chi connectivity index (χ3v) is 5.97. The van der Waals surface area contributed by atoms with Crippen LogP contribution in [0.1, 0.15) is 0 Å². The zero-order valence-electron chi connectivity index (χ0n) is 12.8. The molecule has 0 heterocycles. The topological polar surface area (TPSA) is 0 Å². The fraction of sp³-hybridized carbons (Fsp3) is 0. The van der Waals surface area contributed by atoms with Crippen molar-refractivity contribution in [1.82, 2.24) is 0 Å². The Hall–Kier alpha value is -1.40. The SMILES string of the molecule is Ic1cc(-c2ccccc2)cc2c(I)cc(-c3ccccc3)cc12. The smallest absolute Gasteiger partial charge is 0.0215 e. The molecule has 116 valence electrons. The Morgan fingerprint density at radius 3 is 1.17 bits per heavy atom. The maximum absolute atomic E-state index is 2.46. The van der Waals surface area contributed by atoms with Crippen molar-refractivity contribution in [3.63, 3.8) is 0 Å². The molecule has 0 aliphatic rings. The van der Waals surface area contributed by atoms with E-state index in [0.717, 1.165) is 0 Å². The molecule has 0 aromatic heterocycles. The van der Waals surface area contributed by atoms with E-state index in [9.17, 15) is 0 Å². The summed E-state index contributed by atoms with van der Waals surface area (Å²) >= 11 is 4.92. The minimum absolute atomic E-state index is 1.26. The van der Waals surface area contributed by atoms with Crippen LogP contribution in [0.25, 0.3) is 33.0 Å². The van der Waals surface area contributed by atoms with Gasteiger partial charge in [0.1, 0.15) is 0 Å². The van der Waals surface area contributed by atoms with Crippen molar-refractivity contribution < 1.29 is 0 Å². The Morgan fingerprint density at radius 2 is 0.792 bits per heavy atom. The Bertz CT molecular complexity index is 921. The largest absolute Gasteiger partial charge is 0.0622 e. The molecule has 0 amide bonds. The minimum atomic E-state index is 1.26. The average molecular weight is 532 g/mol. The third kappa shape index (κ3) is 3.09. The summed E-state index contributed by atoms with van der Waals surface area (Å²) in [6, 6.07) is 30.4. The molecule has 0 saturated carbocycles. The maximum atomic E-state index is 2.46. The normalized spacial score (nSPS) is 10.9. The Kier molecular flexibility index (Phi) is 4.59. The predicted molar refractivity (Wildman–Crippen MR) is 120 cm³/mol. The summed E-state index contributed by atoms with van der Waals surface area (Å²) in [5, 5.41) is 2.64. The zero-order chi connectivity index (χ0) is 16.5. The molecule has 0 saturated heterocycles. The van der Waals surface area contributed by atoms with Crippen LogP contribution in [0.3, 0.4) is 0 Å². The van der Waals surface area contributed by atoms with Crippen LogP contribution in [0.5, 0.6) is 0 Å². The lowest BCUT2D eigenvalue weighted by Crippen LogP contribution is -1.88. The van der Waals surface area contributed by atoms with Crippen molar-refractivity contribution in [2.24, 2.45) is 0 Å². The highest BCUT2D eigenvalue weighted by atomic mass is 127. The number of benzene rings is 4. The summed E-state index contributed by atoms with van der Waals surface area (Å²) in [6.45, 7) is 0. The molecule has 0 spiro atoms. The van der Waals surface area contributed by atoms with Crippen LogP contribution < -0.4 is 0 Å². The van der Waals surface area contributed by atoms with E-state index < -0.39 is 0 Å². The number of hydrogen-bond acceptors (Lipinski definition) is 0. The summed E-state index contributed by atoms with van der Waals surface area (Å²) in [6.07, 6.45) is 0. The van der Waals surface area contributed by atoms with E-state index in [1.54, 1.807) is 0 Å². The molecule has 0 nitrogen and oxygen atoms in total. The molecular weight excluding hydrogens is 518 g/mol. The van der Waals surface area contributed by atoms with Crippen LogP contribution >= 0.6 is 45.2 Å². The Balaban J connectivity index is 1.93. The second-order valence-electron chi connectivity index (χ2n) is 5.74. The van der Waals surface area contributed by atoms with Gasteiger partial charge in [0.2, 0.25) is 0 Å². The van der Waals surface area contributed by atoms with Gasteiger partial charge in [-0.15, -0.1) is 0 Å². The fourth-order valence-electron chi connectivity index (χ4n) is 2.97. The first-order chi connectivity index (χ1) is 11.7. The summed E-state index contributed by atoms with van der Waals surface area (Å²) in [5.74, 6) is 0. The molecule has 0 bridgehead atoms. The highest BCUT2D eigenvalue weighted by Gasteiger charge is 2.09. The van der Waals surface area contributed by atoms with Gasteiger partial charge in [0, 0.05) is 7.14 Å². The highest BCUT2D eigenvalue weighted by Crippen LogP contribution is 2.34. The Morgan fingerprint density at radius 1 is 0.417 bits per heavy atom. The van der Waals surface area contributed by atoms with Gasteiger partial charge in [-0.05, 0) is 102 Å². The molecule has 0 N–H and O–H groups in total. The van der Waals surface area contributed by atoms with E-state index in [1.165, 1.54) is 40.2 Å². The van der Waals surface area contributed by atoms with E-state index in [4.69, 9.17) is 0 Å². The van der Waals surface area contributed by atoms with E-state index in [1.807, 2.05) is 0 Å². The van der Waals surface area contributed by atoms with E-state index in [-0.39, 0.29) is 0 Å². The van der Waals surface area contributed by atoms with E-state index in [2.05, 4.69) is 130 Å². The van der Waals surface area contributed by atoms with Crippen LogP contribution in [0, 0.1) is 7.14 Å². The van der Waals surface area contributed by atoms with E-state index >= 15 is 0 Å². The van der Waals surface area contributed by atoms with Gasteiger partial charge >= 0.3 is 0 Å². The lowest BCUT2D eigenvalue weighted by molar-refractivity contribution is 1.59. The summed E-state index contributed by atoms with van der Waals surface area (Å²) in [5.41, 5.74) is 5.08. The second-order valence-corrected chi connectivity index (χ2v) is 8.07. The first-order valence-corrected chi connectivity index (χ1v) is 9.92. The van der Waals surface area contributed by atoms with Gasteiger partial charge in [0.25, 0.3) is 0 Å². The minimum Gasteiger partial charge on any atom is -0.0622 e. The Labute approximate surface area is 169 Å². The van der Waals surface area contributed by atoms with Crippen LogP contribution in [-0.2, 0) is 0 Å². The standard InChI is InChI=1S/C22H14I2/c23-21-13-17(15-7-3-1-4-8-15)11-19-20(21)12-18(14-22(19)24)16-9-5-2-6-10-16/h1-14H. The molecule has 0 radical (unpaired) electrons. The molecular formula is C22H14I2. The number of halogens is 2. The highest BCUT2D eigenvalue weighted by molar-refractivity contribution is 14.1. The van der Waals surface area contributed by atoms with Crippen LogP contribution in [0.15, 0.2) is 84.9 Å². The van der Waals surface area contributed by atoms with Crippen molar-refractivity contribution in [2.45, 2.75) is 0 Å². The molecule has 4 aromatic carbocycles. The summed E-state index contributed by atoms with van der Waals surface area (Å²) in [4.78, 5) is 0. The van der Waals surface area contributed by atoms with Crippen molar-refractivity contribution in [2.75, 3.05) is 0 Å². The molecule has 0 unspecified atom stereocenters. The predicted octanol–water partition coefficient (Wildman–Crippen LogP) is 7.38. The molecule has 0 aliphatic heterocycles. The van der Waals surface area contributed by atoms with E-state index in [0.29, 0.717) is 0 Å². The first kappa shape index (κ1) is 16.1. The summed E-state index contributed by atoms with van der Waals surface area (Å²) in [7, 11) is 0. The van der Waals surface area contributed by atoms with Crippen LogP contribution in [0.4, 0.5) is 0 Å². The molecule has 4 aromatic rings. The molecule has 24 heavy (non-hydrogen) atoms. The van der Waals surface area contributed by atoms with Gasteiger partial charge in [-0.2, -0.15) is 0 Å². The number of fused-ring (bicyclic) bond motifs is 1. The van der Waals surface area contributed by atoms with Gasteiger partial charge in [-0.1, -0.05) is 60.7 Å². The second kappa shape index (κ2) is 6.84. The van der Waals surface area contributed by atoms with Gasteiger partial charge in [0.05, 0.1) is 0 Å². The molecule has 0 fully saturated rings. The molecule has 0 aliphatic carbocycles. The maximum Gasteiger partial charge on any atom is 0.0215 e. The molecule has 4 rings (SSSR count). The third-order valence-electron chi connectivity index (χ3n) is 4.18. The fourth-order valence-corrected chi connectivity index (χ4v) is 4.53. The van der Waals surface area contributed by atoms with Crippen molar-refractivity contribution in [1.29, 1.82) is 0 Å². The van der Waals surface area contributed by atoms with Gasteiger partial charge < -0.3 is 0 Å². The zero-order valence-corrected chi connectivity index (χ0v) is 17.2. The molecule has 0 atom stereocenters. The van der Waals surface area contributed by atoms with Crippen molar-refractivity contribution in [3.8, 4) is 22.3 Å². The molecule has 2 heteroatoms. The summed E-state index contributed by atoms with van der Waals surface area (Å²) < 4.78 is 2.58. The monoisotopic (exact) mass is 532 g/mol. The van der Waals surface area contributed by atoms with Gasteiger partial charge in [-0.25, -0.2) is 0 Å². The van der Waals surface area contributed by atoms with Crippen LogP contribution in [0.2, 0.25) is 0 Å². The first-order valence-electron chi connectivity index (χ1n) is 7.76. The lowest BCUT2D eigenvalue weighted by Gasteiger charge is -2.11. The van der Waals surface area contributed by atoms with Gasteiger partial charge in [0.15, 0.2) is 0 Å². The average Bonchev–Trinajstić information content (AvgIpc) is 2.63. The quantitative estimate of drug-likeness (QED) is 0.237. The number of hydrogen-bond donors (Lipinski definition) is 0. The van der Waals surface area contributed by atoms with Crippen molar-refractivity contribution in [3.05, 3.63) is 92.1 Å². The number of rotatable bonds is 2.